The molecule has 1 atom stereocenters. The molecule has 0 amide bonds. The van der Waals surface area contributed by atoms with Crippen molar-refractivity contribution in [1.29, 1.82) is 0 Å². The highest BCUT2D eigenvalue weighted by Gasteiger charge is 2.32. The number of anilines is 1. The summed E-state index contributed by atoms with van der Waals surface area (Å²) in [5.74, 6) is 0.996. The molecule has 1 unspecified atom stereocenters. The van der Waals surface area contributed by atoms with Gasteiger partial charge in [0.1, 0.15) is 0 Å². The molecular weight excluding hydrogens is 274 g/mol. The van der Waals surface area contributed by atoms with Gasteiger partial charge in [-0.3, -0.25) is 0 Å². The zero-order valence-corrected chi connectivity index (χ0v) is 14.2. The fourth-order valence-corrected chi connectivity index (χ4v) is 3.78. The van der Waals surface area contributed by atoms with Crippen molar-refractivity contribution < 1.29 is 0 Å². The van der Waals surface area contributed by atoms with Gasteiger partial charge < -0.3 is 15.1 Å². The molecule has 0 aliphatic carbocycles. The number of hydrogen-bond donors (Lipinski definition) is 1. The fraction of sp³-hybridized carbons (Fsp3) is 0.765. The van der Waals surface area contributed by atoms with Crippen LogP contribution in [0.5, 0.6) is 0 Å². The van der Waals surface area contributed by atoms with E-state index in [1.54, 1.807) is 0 Å². The Bertz CT molecular complexity index is 472. The number of piperidine rings is 1. The standard InChI is InChI=1S/C17H29N5/c1-14-4-5-16(20-19-14)21(3)15-6-10-22(11-7-15)13-17(2)8-9-18-12-17/h4-5,15,18H,6-13H2,1-3H3. The van der Waals surface area contributed by atoms with Crippen LogP contribution in [0, 0.1) is 12.3 Å². The fourth-order valence-electron chi connectivity index (χ4n) is 3.78. The minimum atomic E-state index is 0.473. The molecule has 3 rings (SSSR count). The average molecular weight is 303 g/mol. The summed E-state index contributed by atoms with van der Waals surface area (Å²) in [6, 6.07) is 4.71. The van der Waals surface area contributed by atoms with Gasteiger partial charge in [0.25, 0.3) is 0 Å². The van der Waals surface area contributed by atoms with Crippen molar-refractivity contribution in [2.45, 2.75) is 39.2 Å². The van der Waals surface area contributed by atoms with E-state index in [-0.39, 0.29) is 0 Å². The molecule has 1 aromatic rings. The summed E-state index contributed by atoms with van der Waals surface area (Å²) in [6.07, 6.45) is 3.75. The maximum absolute atomic E-state index is 4.32. The molecule has 1 N–H and O–H groups in total. The van der Waals surface area contributed by atoms with Crippen molar-refractivity contribution in [3.05, 3.63) is 17.8 Å². The molecule has 0 bridgehead atoms. The van der Waals surface area contributed by atoms with Gasteiger partial charge >= 0.3 is 0 Å². The van der Waals surface area contributed by atoms with E-state index in [4.69, 9.17) is 0 Å². The van der Waals surface area contributed by atoms with E-state index in [1.807, 2.05) is 13.0 Å². The molecule has 3 heterocycles. The van der Waals surface area contributed by atoms with Crippen molar-refractivity contribution in [1.82, 2.24) is 20.4 Å². The highest BCUT2D eigenvalue weighted by atomic mass is 15.3. The number of nitrogens with one attached hydrogen (secondary N) is 1. The van der Waals surface area contributed by atoms with Crippen LogP contribution >= 0.6 is 0 Å². The Labute approximate surface area is 134 Å². The van der Waals surface area contributed by atoms with Gasteiger partial charge in [-0.15, -0.1) is 5.10 Å². The normalized spacial score (nSPS) is 27.2. The van der Waals surface area contributed by atoms with Crippen molar-refractivity contribution in [3.63, 3.8) is 0 Å². The van der Waals surface area contributed by atoms with Crippen LogP contribution in [-0.2, 0) is 0 Å². The van der Waals surface area contributed by atoms with Gasteiger partial charge in [-0.2, -0.15) is 5.10 Å². The van der Waals surface area contributed by atoms with Gasteiger partial charge in [0.05, 0.1) is 5.69 Å². The molecule has 1 aromatic heterocycles. The lowest BCUT2D eigenvalue weighted by Gasteiger charge is -2.40. The zero-order valence-electron chi connectivity index (χ0n) is 14.2. The van der Waals surface area contributed by atoms with E-state index >= 15 is 0 Å². The van der Waals surface area contributed by atoms with E-state index in [0.29, 0.717) is 11.5 Å². The average Bonchev–Trinajstić information content (AvgIpc) is 2.94. The first-order valence-electron chi connectivity index (χ1n) is 8.52. The smallest absolute Gasteiger partial charge is 0.151 e. The first-order valence-corrected chi connectivity index (χ1v) is 8.52. The molecule has 0 saturated carbocycles. The molecule has 0 spiro atoms. The van der Waals surface area contributed by atoms with Crippen molar-refractivity contribution in [3.8, 4) is 0 Å². The lowest BCUT2D eigenvalue weighted by atomic mass is 9.88. The maximum Gasteiger partial charge on any atom is 0.151 e. The lowest BCUT2D eigenvalue weighted by molar-refractivity contribution is 0.144. The monoisotopic (exact) mass is 303 g/mol. The van der Waals surface area contributed by atoms with Gasteiger partial charge in [-0.25, -0.2) is 0 Å². The Morgan fingerprint density at radius 3 is 2.68 bits per heavy atom. The van der Waals surface area contributed by atoms with Crippen molar-refractivity contribution in [2.75, 3.05) is 44.7 Å². The Kier molecular flexibility index (Phi) is 4.64. The quantitative estimate of drug-likeness (QED) is 0.917. The molecule has 5 heteroatoms. The van der Waals surface area contributed by atoms with Crippen LogP contribution in [0.25, 0.3) is 0 Å². The third-order valence-corrected chi connectivity index (χ3v) is 5.31. The second-order valence-corrected chi connectivity index (χ2v) is 7.39. The highest BCUT2D eigenvalue weighted by Crippen LogP contribution is 2.28. The van der Waals surface area contributed by atoms with Gasteiger partial charge in [0, 0.05) is 39.3 Å². The summed E-state index contributed by atoms with van der Waals surface area (Å²) in [5, 5.41) is 12.0. The maximum atomic E-state index is 4.32. The molecule has 22 heavy (non-hydrogen) atoms. The van der Waals surface area contributed by atoms with Crippen molar-refractivity contribution in [2.24, 2.45) is 5.41 Å². The summed E-state index contributed by atoms with van der Waals surface area (Å²) in [5.41, 5.74) is 1.45. The highest BCUT2D eigenvalue weighted by molar-refractivity contribution is 5.37. The molecule has 2 saturated heterocycles. The van der Waals surface area contributed by atoms with Crippen molar-refractivity contribution >= 4 is 5.82 Å². The molecule has 2 fully saturated rings. The minimum Gasteiger partial charge on any atom is -0.355 e. The summed E-state index contributed by atoms with van der Waals surface area (Å²) < 4.78 is 0. The first-order chi connectivity index (χ1) is 10.6. The molecule has 0 aromatic carbocycles. The molecule has 2 aliphatic heterocycles. The van der Waals surface area contributed by atoms with Gasteiger partial charge in [0.15, 0.2) is 5.82 Å². The Hall–Kier alpha value is -1.20. The number of rotatable bonds is 4. The molecule has 5 nitrogen and oxygen atoms in total. The molecule has 0 radical (unpaired) electrons. The first kappa shape index (κ1) is 15.7. The van der Waals surface area contributed by atoms with Gasteiger partial charge in [-0.05, 0) is 50.3 Å². The minimum absolute atomic E-state index is 0.473. The number of hydrogen-bond acceptors (Lipinski definition) is 5. The predicted octanol–water partition coefficient (Wildman–Crippen LogP) is 1.69. The largest absolute Gasteiger partial charge is 0.355 e. The number of likely N-dealkylation sites (tertiary alicyclic amines) is 1. The van der Waals surface area contributed by atoms with Crippen LogP contribution in [0.1, 0.15) is 31.9 Å². The van der Waals surface area contributed by atoms with Crippen LogP contribution in [0.2, 0.25) is 0 Å². The summed E-state index contributed by atoms with van der Waals surface area (Å²) in [7, 11) is 2.15. The molecule has 2 aliphatic rings. The number of aromatic nitrogens is 2. The van der Waals surface area contributed by atoms with Crippen LogP contribution < -0.4 is 10.2 Å². The van der Waals surface area contributed by atoms with Crippen LogP contribution in [-0.4, -0.2) is 60.9 Å². The Balaban J connectivity index is 1.51. The van der Waals surface area contributed by atoms with Crippen LogP contribution in [0.15, 0.2) is 12.1 Å². The Morgan fingerprint density at radius 1 is 1.32 bits per heavy atom. The van der Waals surface area contributed by atoms with Crippen LogP contribution in [0.3, 0.4) is 0 Å². The third-order valence-electron chi connectivity index (χ3n) is 5.31. The third kappa shape index (κ3) is 3.58. The molecule has 122 valence electrons. The second kappa shape index (κ2) is 6.50. The number of nitrogens with zero attached hydrogens (tertiary/aromatic N) is 4. The summed E-state index contributed by atoms with van der Waals surface area (Å²) >= 11 is 0. The SMILES string of the molecule is Cc1ccc(N(C)C2CCN(CC3(C)CCNC3)CC2)nn1. The number of aryl methyl sites for hydroxylation is 1. The predicted molar refractivity (Wildman–Crippen MR) is 90.2 cm³/mol. The Morgan fingerprint density at radius 2 is 2.09 bits per heavy atom. The summed E-state index contributed by atoms with van der Waals surface area (Å²) in [4.78, 5) is 4.96. The van der Waals surface area contributed by atoms with Gasteiger partial charge in [0.2, 0.25) is 0 Å². The molecular formula is C17H29N5. The lowest BCUT2D eigenvalue weighted by Crippen LogP contribution is -2.47. The van der Waals surface area contributed by atoms with E-state index in [1.165, 1.54) is 52.0 Å². The second-order valence-electron chi connectivity index (χ2n) is 7.39. The van der Waals surface area contributed by atoms with Gasteiger partial charge in [-0.1, -0.05) is 6.92 Å². The van der Waals surface area contributed by atoms with E-state index in [2.05, 4.69) is 45.4 Å². The van der Waals surface area contributed by atoms with Crippen LogP contribution in [0.4, 0.5) is 5.82 Å². The van der Waals surface area contributed by atoms with E-state index < -0.39 is 0 Å². The van der Waals surface area contributed by atoms with E-state index in [0.717, 1.165) is 11.5 Å². The zero-order chi connectivity index (χ0) is 15.6. The van der Waals surface area contributed by atoms with E-state index in [9.17, 15) is 0 Å². The topological polar surface area (TPSA) is 44.3 Å². The summed E-state index contributed by atoms with van der Waals surface area (Å²) in [6.45, 7) is 10.4.